The molecule has 1 aromatic rings. The highest BCUT2D eigenvalue weighted by Crippen LogP contribution is 2.16. The Morgan fingerprint density at radius 3 is 2.79 bits per heavy atom. The van der Waals surface area contributed by atoms with Crippen molar-refractivity contribution in [2.45, 2.75) is 19.8 Å². The van der Waals surface area contributed by atoms with Crippen molar-refractivity contribution in [1.29, 1.82) is 0 Å². The maximum Gasteiger partial charge on any atom is 0.250 e. The highest BCUT2D eigenvalue weighted by atomic mass is 19.1. The second-order valence-electron chi connectivity index (χ2n) is 4.43. The fourth-order valence-electron chi connectivity index (χ4n) is 2.05. The van der Waals surface area contributed by atoms with Crippen LogP contribution >= 0.6 is 0 Å². The van der Waals surface area contributed by atoms with E-state index in [-0.39, 0.29) is 11.4 Å². The Bertz CT molecular complexity index is 629. The van der Waals surface area contributed by atoms with Gasteiger partial charge in [0.15, 0.2) is 0 Å². The van der Waals surface area contributed by atoms with E-state index in [1.165, 1.54) is 16.7 Å². The molecule has 0 bridgehead atoms. The van der Waals surface area contributed by atoms with E-state index in [1.807, 2.05) is 7.05 Å². The molecule has 0 radical (unpaired) electrons. The van der Waals surface area contributed by atoms with Gasteiger partial charge in [0.05, 0.1) is 5.35 Å². The summed E-state index contributed by atoms with van der Waals surface area (Å²) in [6.45, 7) is 6.35. The molecule has 3 nitrogen and oxygen atoms in total. The van der Waals surface area contributed by atoms with Crippen LogP contribution in [0.25, 0.3) is 12.2 Å². The third-order valence-corrected chi connectivity index (χ3v) is 3.08. The van der Waals surface area contributed by atoms with Crippen molar-refractivity contribution in [2.24, 2.45) is 7.05 Å². The summed E-state index contributed by atoms with van der Waals surface area (Å²) < 4.78 is 15.5. The zero-order valence-corrected chi connectivity index (χ0v) is 11.8. The quantitative estimate of drug-likeness (QED) is 0.799. The molecule has 1 heterocycles. The van der Waals surface area contributed by atoms with E-state index in [0.717, 1.165) is 13.0 Å². The minimum absolute atomic E-state index is 0.155. The summed E-state index contributed by atoms with van der Waals surface area (Å²) in [4.78, 5) is 11.7. The fourth-order valence-corrected chi connectivity index (χ4v) is 2.05. The molecule has 19 heavy (non-hydrogen) atoms. The Labute approximate surface area is 112 Å². The van der Waals surface area contributed by atoms with Gasteiger partial charge in [0.2, 0.25) is 0 Å². The summed E-state index contributed by atoms with van der Waals surface area (Å²) in [5.41, 5.74) is 0.389. The summed E-state index contributed by atoms with van der Waals surface area (Å²) in [7, 11) is 3.50. The molecule has 1 N–H and O–H groups in total. The van der Waals surface area contributed by atoms with Crippen LogP contribution in [0.1, 0.15) is 19.8 Å². The van der Waals surface area contributed by atoms with Crippen LogP contribution in [-0.2, 0) is 7.05 Å². The lowest BCUT2D eigenvalue weighted by Gasteiger charge is -2.09. The molecule has 0 spiro atoms. The first-order valence-electron chi connectivity index (χ1n) is 6.37. The number of halogens is 1. The lowest BCUT2D eigenvalue weighted by Crippen LogP contribution is -2.42. The van der Waals surface area contributed by atoms with Gasteiger partial charge in [-0.2, -0.15) is 0 Å². The van der Waals surface area contributed by atoms with Gasteiger partial charge in [-0.15, -0.1) is 0 Å². The van der Waals surface area contributed by atoms with Crippen molar-refractivity contribution in [1.82, 2.24) is 9.88 Å². The second-order valence-corrected chi connectivity index (χ2v) is 4.43. The summed E-state index contributed by atoms with van der Waals surface area (Å²) in [6, 6.07) is 3.09. The molecule has 0 aliphatic rings. The average molecular weight is 264 g/mol. The van der Waals surface area contributed by atoms with Crippen LogP contribution in [-0.4, -0.2) is 18.2 Å². The molecule has 0 aliphatic heterocycles. The van der Waals surface area contributed by atoms with Gasteiger partial charge in [-0.1, -0.05) is 12.7 Å². The van der Waals surface area contributed by atoms with Gasteiger partial charge in [-0.3, -0.25) is 4.79 Å². The largest absolute Gasteiger partial charge is 0.320 e. The Hall–Kier alpha value is -1.68. The minimum Gasteiger partial charge on any atom is -0.320 e. The Kier molecular flexibility index (Phi) is 5.70. The molecule has 1 rings (SSSR count). The van der Waals surface area contributed by atoms with E-state index in [9.17, 15) is 9.18 Å². The average Bonchev–Trinajstić information content (AvgIpc) is 2.41. The number of aromatic nitrogens is 1. The Morgan fingerprint density at radius 1 is 1.53 bits per heavy atom. The number of hydrogen-bond donors (Lipinski definition) is 1. The molecule has 0 saturated carbocycles. The van der Waals surface area contributed by atoms with E-state index in [4.69, 9.17) is 0 Å². The normalized spacial score (nSPS) is 13.6. The lowest BCUT2D eigenvalue weighted by molar-refractivity contribution is 0.646. The van der Waals surface area contributed by atoms with Crippen LogP contribution in [0.15, 0.2) is 28.8 Å². The Balaban J connectivity index is 3.53. The third kappa shape index (κ3) is 3.64. The predicted octanol–water partition coefficient (Wildman–Crippen LogP) is 0.819. The Morgan fingerprint density at radius 2 is 2.21 bits per heavy atom. The van der Waals surface area contributed by atoms with Crippen LogP contribution in [0, 0.1) is 0 Å². The number of hydrogen-bond acceptors (Lipinski definition) is 2. The molecule has 0 aliphatic carbocycles. The van der Waals surface area contributed by atoms with E-state index in [1.54, 1.807) is 20.0 Å². The predicted molar refractivity (Wildman–Crippen MR) is 77.9 cm³/mol. The molecule has 0 saturated heterocycles. The number of nitrogens with zero attached hydrogens (tertiary/aromatic N) is 1. The summed E-state index contributed by atoms with van der Waals surface area (Å²) in [6.07, 6.45) is 2.79. The van der Waals surface area contributed by atoms with E-state index in [0.29, 0.717) is 22.6 Å². The molecule has 1 aromatic heterocycles. The fraction of sp³-hybridized carbons (Fsp3) is 0.400. The van der Waals surface area contributed by atoms with Gasteiger partial charge in [0.1, 0.15) is 5.83 Å². The first kappa shape index (κ1) is 15.4. The van der Waals surface area contributed by atoms with Gasteiger partial charge in [0, 0.05) is 18.7 Å². The zero-order chi connectivity index (χ0) is 14.4. The van der Waals surface area contributed by atoms with Gasteiger partial charge in [-0.05, 0) is 44.6 Å². The SMILES string of the molecule is C=c1ccc(=O)n(C)/c1=C(CCCNC)/C(F)=C\C. The topological polar surface area (TPSA) is 34.0 Å². The van der Waals surface area contributed by atoms with Crippen molar-refractivity contribution >= 4 is 12.2 Å². The summed E-state index contributed by atoms with van der Waals surface area (Å²) in [5, 5.41) is 4.28. The molecular weight excluding hydrogens is 243 g/mol. The third-order valence-electron chi connectivity index (χ3n) is 3.08. The first-order chi connectivity index (χ1) is 9.02. The minimum atomic E-state index is -0.290. The standard InChI is InChI=1S/C15H21FN2O/c1-5-13(16)12(7-6-10-17-3)15-11(2)8-9-14(19)18(15)4/h5,8-9,17H,2,6-7,10H2,1,3-4H3/b13-5+,15-12+. The van der Waals surface area contributed by atoms with Gasteiger partial charge in [-0.25, -0.2) is 4.39 Å². The molecular formula is C15H21FN2O. The van der Waals surface area contributed by atoms with Crippen LogP contribution in [0.3, 0.4) is 0 Å². The molecule has 104 valence electrons. The maximum absolute atomic E-state index is 14.1. The molecule has 0 atom stereocenters. The maximum atomic E-state index is 14.1. The van der Waals surface area contributed by atoms with Crippen molar-refractivity contribution in [3.05, 3.63) is 45.0 Å². The smallest absolute Gasteiger partial charge is 0.250 e. The van der Waals surface area contributed by atoms with Crippen molar-refractivity contribution in [3.8, 4) is 0 Å². The van der Waals surface area contributed by atoms with Crippen molar-refractivity contribution < 1.29 is 4.39 Å². The summed E-state index contributed by atoms with van der Waals surface area (Å²) in [5.74, 6) is -0.290. The van der Waals surface area contributed by atoms with Crippen LogP contribution in [0.2, 0.25) is 0 Å². The molecule has 0 amide bonds. The number of rotatable bonds is 5. The molecule has 0 aromatic carbocycles. The lowest BCUT2D eigenvalue weighted by atomic mass is 10.1. The van der Waals surface area contributed by atoms with Crippen molar-refractivity contribution in [3.63, 3.8) is 0 Å². The van der Waals surface area contributed by atoms with Gasteiger partial charge >= 0.3 is 0 Å². The molecule has 0 unspecified atom stereocenters. The summed E-state index contributed by atoms with van der Waals surface area (Å²) >= 11 is 0. The van der Waals surface area contributed by atoms with Gasteiger partial charge in [0.25, 0.3) is 5.56 Å². The first-order valence-corrected chi connectivity index (χ1v) is 6.37. The number of allylic oxidation sites excluding steroid dienone is 2. The second kappa shape index (κ2) is 7.04. The van der Waals surface area contributed by atoms with E-state index in [2.05, 4.69) is 11.9 Å². The molecule has 4 heteroatoms. The van der Waals surface area contributed by atoms with Crippen LogP contribution in [0.4, 0.5) is 4.39 Å². The van der Waals surface area contributed by atoms with E-state index >= 15 is 0 Å². The van der Waals surface area contributed by atoms with E-state index < -0.39 is 0 Å². The zero-order valence-electron chi connectivity index (χ0n) is 11.8. The highest BCUT2D eigenvalue weighted by Gasteiger charge is 2.08. The van der Waals surface area contributed by atoms with Gasteiger partial charge < -0.3 is 9.88 Å². The van der Waals surface area contributed by atoms with Crippen molar-refractivity contribution in [2.75, 3.05) is 13.6 Å². The van der Waals surface area contributed by atoms with Crippen LogP contribution < -0.4 is 21.4 Å². The monoisotopic (exact) mass is 264 g/mol. The molecule has 0 fully saturated rings. The highest BCUT2D eigenvalue weighted by molar-refractivity contribution is 5.59. The van der Waals surface area contributed by atoms with Crippen LogP contribution in [0.5, 0.6) is 0 Å². The number of pyridine rings is 1. The number of nitrogens with one attached hydrogen (secondary N) is 1.